The summed E-state index contributed by atoms with van der Waals surface area (Å²) in [6.45, 7) is 0.462. The summed E-state index contributed by atoms with van der Waals surface area (Å²) in [5.41, 5.74) is 17.5. The first-order chi connectivity index (χ1) is 29.8. The van der Waals surface area contributed by atoms with Crippen LogP contribution in [0.2, 0.25) is 0 Å². The molecule has 0 bridgehead atoms. The highest BCUT2D eigenvalue weighted by atomic mass is 16.2. The highest BCUT2D eigenvalue weighted by Crippen LogP contribution is 2.44. The van der Waals surface area contributed by atoms with Crippen molar-refractivity contribution >= 4 is 64.6 Å². The maximum absolute atomic E-state index is 13.8. The lowest BCUT2D eigenvalue weighted by atomic mass is 10.0. The van der Waals surface area contributed by atoms with Gasteiger partial charge in [0.05, 0.1) is 18.5 Å². The summed E-state index contributed by atoms with van der Waals surface area (Å²) < 4.78 is 0. The normalized spacial score (nSPS) is 17.2. The van der Waals surface area contributed by atoms with Crippen molar-refractivity contribution in [1.29, 1.82) is 0 Å². The average Bonchev–Trinajstić information content (AvgIpc) is 3.86. The van der Waals surface area contributed by atoms with Crippen LogP contribution in [0.1, 0.15) is 62.5 Å². The lowest BCUT2D eigenvalue weighted by Crippen LogP contribution is -2.56. The third-order valence-corrected chi connectivity index (χ3v) is 11.0. The van der Waals surface area contributed by atoms with Crippen LogP contribution in [0.25, 0.3) is 10.9 Å². The number of imide groups is 1. The second-order valence-electron chi connectivity index (χ2n) is 15.5. The molecule has 0 radical (unpaired) electrons. The van der Waals surface area contributed by atoms with Crippen molar-refractivity contribution in [3.63, 3.8) is 0 Å². The minimum Gasteiger partial charge on any atom is -0.370 e. The summed E-state index contributed by atoms with van der Waals surface area (Å²) in [6, 6.07) is 10.9. The number of nitrogens with zero attached hydrogens (tertiary/aromatic N) is 2. The molecule has 2 fully saturated rings. The number of benzene rings is 2. The number of carbonyl (C=O) groups excluding carboxylic acids is 8. The van der Waals surface area contributed by atoms with E-state index in [9.17, 15) is 38.4 Å². The number of nitrogens with one attached hydrogen (secondary N) is 7. The summed E-state index contributed by atoms with van der Waals surface area (Å²) in [6.07, 6.45) is 4.50. The Hall–Kier alpha value is -6.83. The minimum absolute atomic E-state index is 0.0569. The molecule has 5 atom stereocenters. The number of hydrogen-bond donors (Lipinski definition) is 10. The molecule has 1 aliphatic heterocycles. The fraction of sp³-hybridized carbons (Fsp3) is 0.452. The van der Waals surface area contributed by atoms with Gasteiger partial charge in [-0.15, -0.1) is 0 Å². The molecule has 2 aromatic carbocycles. The molecule has 0 unspecified atom stereocenters. The minimum atomic E-state index is -1.44. The molecule has 1 saturated carbocycles. The zero-order valence-corrected chi connectivity index (χ0v) is 34.6. The molecule has 0 spiro atoms. The number of fused-ring (bicyclic) bond motifs is 1. The number of urea groups is 1. The van der Waals surface area contributed by atoms with Gasteiger partial charge in [-0.05, 0) is 75.6 Å². The predicted octanol–water partition coefficient (Wildman–Crippen LogP) is -1.14. The lowest BCUT2D eigenvalue weighted by Gasteiger charge is -2.25. The van der Waals surface area contributed by atoms with Crippen LogP contribution in [0.5, 0.6) is 0 Å². The van der Waals surface area contributed by atoms with Crippen LogP contribution in [0.4, 0.5) is 4.79 Å². The topological polar surface area (TPSA) is 318 Å². The molecule has 1 aromatic heterocycles. The fourth-order valence-electron chi connectivity index (χ4n) is 7.48. The molecule has 1 aliphatic carbocycles. The van der Waals surface area contributed by atoms with Crippen LogP contribution >= 0.6 is 0 Å². The fourth-order valence-corrected chi connectivity index (χ4v) is 7.48. The number of aromatic amines is 1. The van der Waals surface area contributed by atoms with Crippen molar-refractivity contribution < 1.29 is 38.4 Å². The van der Waals surface area contributed by atoms with Gasteiger partial charge in [-0.1, -0.05) is 48.5 Å². The first kappa shape index (κ1) is 46.2. The van der Waals surface area contributed by atoms with Crippen LogP contribution in [-0.4, -0.2) is 119 Å². The van der Waals surface area contributed by atoms with E-state index in [-0.39, 0.29) is 51.0 Å². The Morgan fingerprint density at radius 1 is 0.871 bits per heavy atom. The number of nitrogens with two attached hydrogens (primary N) is 3. The number of para-hydroxylation sites is 1. The van der Waals surface area contributed by atoms with Crippen molar-refractivity contribution in [2.24, 2.45) is 22.2 Å². The van der Waals surface area contributed by atoms with E-state index in [1.807, 2.05) is 54.6 Å². The molecule has 13 N–H and O–H groups in total. The summed E-state index contributed by atoms with van der Waals surface area (Å²) in [5.74, 6) is -3.76. The maximum atomic E-state index is 13.8. The van der Waals surface area contributed by atoms with Crippen molar-refractivity contribution in [1.82, 2.24) is 41.8 Å². The molecule has 62 heavy (non-hydrogen) atoms. The number of likely N-dealkylation sites (N-methyl/N-ethyl adjacent to an activating group) is 1. The number of hydrogen-bond acceptors (Lipinski definition) is 10. The van der Waals surface area contributed by atoms with E-state index in [4.69, 9.17) is 17.2 Å². The standard InChI is InChI=1S/C42H56N12O8/c1-46-31(15-9-19-48-40(44)45)36(58)52-32(21-26-23-49-29-13-6-5-12-28(26)29)37(59)51-30(35(43)57)14-7-8-18-47-34(56)22-33-38(60)54(41(62)53-33)42(16-17-42)39(61)50-27(24-55)20-25-10-3-2-4-11-25/h2-6,10-13,23-24,27,30-33,46,49H,7-9,14-22H2,1H3,(H2,43,57)(H,47,56)(H,50,61)(H,51,59)(H,52,58)(H,53,62)(H4,44,45,48)/t27-,30+,31+,32+,33+/m1/s1. The number of aliphatic imine (C=N–C) groups is 1. The molecule has 3 aromatic rings. The van der Waals surface area contributed by atoms with Crippen LogP contribution in [0.15, 0.2) is 65.8 Å². The number of rotatable bonds is 25. The number of H-pyrrole nitrogens is 1. The molecular weight excluding hydrogens is 801 g/mol. The van der Waals surface area contributed by atoms with Crippen LogP contribution < -0.4 is 49.1 Å². The van der Waals surface area contributed by atoms with Gasteiger partial charge in [0, 0.05) is 36.6 Å². The van der Waals surface area contributed by atoms with Gasteiger partial charge in [0.25, 0.3) is 5.91 Å². The summed E-state index contributed by atoms with van der Waals surface area (Å²) in [5, 5.41) is 17.2. The molecule has 8 amide bonds. The average molecular weight is 857 g/mol. The molecule has 2 aliphatic rings. The zero-order chi connectivity index (χ0) is 44.8. The largest absolute Gasteiger partial charge is 0.370 e. The van der Waals surface area contributed by atoms with E-state index in [1.54, 1.807) is 13.2 Å². The third kappa shape index (κ3) is 12.1. The molecule has 2 heterocycles. The van der Waals surface area contributed by atoms with E-state index in [0.29, 0.717) is 38.5 Å². The summed E-state index contributed by atoms with van der Waals surface area (Å²) in [7, 11) is 1.62. The number of amides is 8. The molecule has 20 heteroatoms. The SMILES string of the molecule is CN[C@@H](CCCN=C(N)N)C(=O)N[C@@H](Cc1c[nH]c2ccccc12)C(=O)N[C@@H](CCCCNC(=O)C[C@@H]1NC(=O)N(C2(C(=O)N[C@@H](C=O)Cc3ccccc3)CC2)C1=O)C(N)=O. The van der Waals surface area contributed by atoms with Gasteiger partial charge in [-0.3, -0.25) is 33.8 Å². The van der Waals surface area contributed by atoms with Gasteiger partial charge < -0.3 is 58.9 Å². The Kier molecular flexibility index (Phi) is 16.1. The van der Waals surface area contributed by atoms with E-state index < -0.39 is 77.2 Å². The van der Waals surface area contributed by atoms with E-state index in [1.165, 1.54) is 0 Å². The highest BCUT2D eigenvalue weighted by molar-refractivity contribution is 6.11. The van der Waals surface area contributed by atoms with Gasteiger partial charge in [0.1, 0.15) is 30.0 Å². The number of aldehydes is 1. The van der Waals surface area contributed by atoms with Gasteiger partial charge in [-0.2, -0.15) is 0 Å². The smallest absolute Gasteiger partial charge is 0.325 e. The number of aromatic nitrogens is 1. The lowest BCUT2D eigenvalue weighted by molar-refractivity contribution is -0.138. The van der Waals surface area contributed by atoms with E-state index in [2.05, 4.69) is 41.9 Å². The van der Waals surface area contributed by atoms with Crippen molar-refractivity contribution in [3.8, 4) is 0 Å². The van der Waals surface area contributed by atoms with Crippen molar-refractivity contribution in [2.45, 2.75) is 100.0 Å². The Labute approximate surface area is 358 Å². The number of unbranched alkanes of at least 4 members (excludes halogenated alkanes) is 1. The molecule has 332 valence electrons. The molecule has 5 rings (SSSR count). The van der Waals surface area contributed by atoms with Crippen LogP contribution in [0.3, 0.4) is 0 Å². The maximum Gasteiger partial charge on any atom is 0.325 e. The quantitative estimate of drug-likeness (QED) is 0.0160. The zero-order valence-electron chi connectivity index (χ0n) is 34.6. The number of guanidine groups is 1. The van der Waals surface area contributed by atoms with Crippen LogP contribution in [-0.2, 0) is 46.4 Å². The van der Waals surface area contributed by atoms with Gasteiger partial charge in [0.15, 0.2) is 5.96 Å². The van der Waals surface area contributed by atoms with Gasteiger partial charge >= 0.3 is 6.03 Å². The van der Waals surface area contributed by atoms with Gasteiger partial charge in [0.2, 0.25) is 29.5 Å². The first-order valence-electron chi connectivity index (χ1n) is 20.7. The summed E-state index contributed by atoms with van der Waals surface area (Å²) >= 11 is 0. The van der Waals surface area contributed by atoms with Crippen molar-refractivity contribution in [3.05, 3.63) is 71.9 Å². The summed E-state index contributed by atoms with van der Waals surface area (Å²) in [4.78, 5) is 112. The van der Waals surface area contributed by atoms with Gasteiger partial charge in [-0.25, -0.2) is 9.69 Å². The Bertz CT molecular complexity index is 2130. The Balaban J connectivity index is 1.10. The highest BCUT2D eigenvalue weighted by Gasteiger charge is 2.62. The molecule has 1 saturated heterocycles. The Morgan fingerprint density at radius 2 is 1.55 bits per heavy atom. The van der Waals surface area contributed by atoms with Crippen LogP contribution in [0, 0.1) is 0 Å². The van der Waals surface area contributed by atoms with E-state index >= 15 is 0 Å². The molecular formula is C42H56N12O8. The third-order valence-electron chi connectivity index (χ3n) is 11.0. The predicted molar refractivity (Wildman–Crippen MR) is 229 cm³/mol. The van der Waals surface area contributed by atoms with E-state index in [0.717, 1.165) is 26.9 Å². The number of carbonyl (C=O) groups is 8. The number of primary amides is 1. The first-order valence-corrected chi connectivity index (χ1v) is 20.7. The second-order valence-corrected chi connectivity index (χ2v) is 15.5. The Morgan fingerprint density at radius 3 is 2.23 bits per heavy atom. The monoisotopic (exact) mass is 856 g/mol. The second kappa shape index (κ2) is 21.6. The van der Waals surface area contributed by atoms with Crippen molar-refractivity contribution in [2.75, 3.05) is 20.1 Å². The molecule has 20 nitrogen and oxygen atoms in total.